The maximum Gasteiger partial charge on any atom is -0.0207 e. The fraction of sp³-hybridized carbons (Fsp3) is 1.00. The highest BCUT2D eigenvalue weighted by atomic mass is 31.1. The van der Waals surface area contributed by atoms with Crippen molar-refractivity contribution < 1.29 is 0 Å². The van der Waals surface area contributed by atoms with Crippen LogP contribution in [0.3, 0.4) is 0 Å². The molecule has 0 heterocycles. The molecule has 0 fully saturated rings. The van der Waals surface area contributed by atoms with E-state index in [-0.39, 0.29) is 7.92 Å². The van der Waals surface area contributed by atoms with Gasteiger partial charge in [0.1, 0.15) is 0 Å². The molecule has 3 unspecified atom stereocenters. The third-order valence-corrected chi connectivity index (χ3v) is 14.3. The second kappa shape index (κ2) is 32.3. The summed E-state index contributed by atoms with van der Waals surface area (Å²) >= 11 is 0. The van der Waals surface area contributed by atoms with Gasteiger partial charge in [-0.25, -0.2) is 0 Å². The zero-order valence-electron chi connectivity index (χ0n) is 29.4. The minimum Gasteiger partial charge on any atom is -0.0972 e. The summed E-state index contributed by atoms with van der Waals surface area (Å²) in [6.07, 6.45) is 44.2. The van der Waals surface area contributed by atoms with E-state index in [0.717, 1.165) is 17.0 Å². The number of hydrogen-bond acceptors (Lipinski definition) is 0. The van der Waals surface area contributed by atoms with Gasteiger partial charge in [-0.2, -0.15) is 0 Å². The molecule has 0 aliphatic carbocycles. The van der Waals surface area contributed by atoms with Crippen molar-refractivity contribution in [2.75, 3.05) is 0 Å². The number of unbranched alkanes of at least 4 members (excludes halogenated alkanes) is 21. The summed E-state index contributed by atoms with van der Waals surface area (Å²) in [5, 5.41) is 0. The van der Waals surface area contributed by atoms with Gasteiger partial charge in [-0.05, 0) is 55.5 Å². The zero-order valence-corrected chi connectivity index (χ0v) is 30.3. The molecule has 0 spiro atoms. The second-order valence-corrected chi connectivity index (χ2v) is 16.5. The molecule has 0 aromatic rings. The van der Waals surface area contributed by atoms with Crippen molar-refractivity contribution in [2.45, 2.75) is 251 Å². The quantitative estimate of drug-likeness (QED) is 0.0535. The Kier molecular flexibility index (Phi) is 32.7. The fourth-order valence-corrected chi connectivity index (χ4v) is 11.6. The Balaban J connectivity index is 4.91. The highest BCUT2D eigenvalue weighted by molar-refractivity contribution is 7.59. The zero-order chi connectivity index (χ0) is 29.5. The summed E-state index contributed by atoms with van der Waals surface area (Å²) in [6, 6.07) is 0. The van der Waals surface area contributed by atoms with Crippen LogP contribution in [0.2, 0.25) is 0 Å². The lowest BCUT2D eigenvalue weighted by Crippen LogP contribution is -2.23. The highest BCUT2D eigenvalue weighted by Crippen LogP contribution is 2.58. The van der Waals surface area contributed by atoms with Crippen LogP contribution in [0.4, 0.5) is 0 Å². The van der Waals surface area contributed by atoms with E-state index in [9.17, 15) is 0 Å². The maximum atomic E-state index is 2.55. The maximum absolute atomic E-state index is 2.55. The Morgan fingerprint density at radius 3 is 0.675 bits per heavy atom. The first-order valence-electron chi connectivity index (χ1n) is 19.5. The Morgan fingerprint density at radius 2 is 0.475 bits per heavy atom. The van der Waals surface area contributed by atoms with Crippen LogP contribution in [0.1, 0.15) is 234 Å². The average Bonchev–Trinajstić information content (AvgIpc) is 2.97. The highest BCUT2D eigenvalue weighted by Gasteiger charge is 2.32. The topological polar surface area (TPSA) is 0 Å². The van der Waals surface area contributed by atoms with Gasteiger partial charge in [0, 0.05) is 0 Å². The van der Waals surface area contributed by atoms with Gasteiger partial charge in [0.2, 0.25) is 0 Å². The second-order valence-electron chi connectivity index (χ2n) is 13.4. The molecule has 0 aliphatic heterocycles. The summed E-state index contributed by atoms with van der Waals surface area (Å²) in [5.41, 5.74) is 3.11. The molecule has 0 radical (unpaired) electrons. The molecule has 40 heavy (non-hydrogen) atoms. The van der Waals surface area contributed by atoms with Gasteiger partial charge in [-0.15, -0.1) is 0 Å². The number of rotatable bonds is 33. The van der Waals surface area contributed by atoms with Gasteiger partial charge < -0.3 is 0 Å². The van der Waals surface area contributed by atoms with Crippen molar-refractivity contribution >= 4 is 7.92 Å². The van der Waals surface area contributed by atoms with Gasteiger partial charge in [-0.3, -0.25) is 0 Å². The lowest BCUT2D eigenvalue weighted by molar-refractivity contribution is 0.534. The molecule has 1 heteroatoms. The van der Waals surface area contributed by atoms with Crippen molar-refractivity contribution in [1.29, 1.82) is 0 Å². The Hall–Kier alpha value is 0.430. The van der Waals surface area contributed by atoms with Gasteiger partial charge in [0.15, 0.2) is 0 Å². The molecule has 0 saturated carbocycles. The molecular formula is C39H81P. The SMILES string of the molecule is CCCCCCCCCCC(CC)P(C(CC)CCCCCCCCCC)C(CC)CCCCCCCCCC. The van der Waals surface area contributed by atoms with Crippen LogP contribution in [0, 0.1) is 0 Å². The summed E-state index contributed by atoms with van der Waals surface area (Å²) < 4.78 is 0. The lowest BCUT2D eigenvalue weighted by Gasteiger charge is -2.40. The van der Waals surface area contributed by atoms with Crippen LogP contribution < -0.4 is 0 Å². The van der Waals surface area contributed by atoms with E-state index >= 15 is 0 Å². The summed E-state index contributed by atoms with van der Waals surface area (Å²) in [5.74, 6) is 0. The molecule has 0 bridgehead atoms. The summed E-state index contributed by atoms with van der Waals surface area (Å²) in [7, 11) is 0.151. The Bertz CT molecular complexity index is 393. The predicted molar refractivity (Wildman–Crippen MR) is 191 cm³/mol. The van der Waals surface area contributed by atoms with Crippen molar-refractivity contribution in [3.8, 4) is 0 Å². The third-order valence-electron chi connectivity index (χ3n) is 9.85. The standard InChI is InChI=1S/C39H81P/c1-7-13-16-19-22-25-28-31-34-37(10-4)40(38(11-5)35-32-29-26-23-20-17-14-8-2)39(12-6)36-33-30-27-24-21-18-15-9-3/h37-39H,7-36H2,1-6H3. The van der Waals surface area contributed by atoms with Crippen LogP contribution in [-0.2, 0) is 0 Å². The Morgan fingerprint density at radius 1 is 0.275 bits per heavy atom. The molecule has 0 aliphatic rings. The monoisotopic (exact) mass is 581 g/mol. The minimum atomic E-state index is 0.151. The Labute approximate surface area is 258 Å². The minimum absolute atomic E-state index is 0.151. The van der Waals surface area contributed by atoms with Gasteiger partial charge in [0.25, 0.3) is 0 Å². The van der Waals surface area contributed by atoms with Crippen LogP contribution in [0.25, 0.3) is 0 Å². The molecule has 0 amide bonds. The van der Waals surface area contributed by atoms with Gasteiger partial charge >= 0.3 is 0 Å². The van der Waals surface area contributed by atoms with Crippen molar-refractivity contribution in [2.24, 2.45) is 0 Å². The molecule has 0 saturated heterocycles. The molecule has 0 aromatic heterocycles. The first-order valence-corrected chi connectivity index (χ1v) is 21.0. The van der Waals surface area contributed by atoms with E-state index < -0.39 is 0 Å². The molecule has 0 rings (SSSR count). The first kappa shape index (κ1) is 40.4. The van der Waals surface area contributed by atoms with Gasteiger partial charge in [0.05, 0.1) is 0 Å². The molecule has 0 aromatic carbocycles. The van der Waals surface area contributed by atoms with Crippen molar-refractivity contribution in [1.82, 2.24) is 0 Å². The van der Waals surface area contributed by atoms with Crippen LogP contribution in [0.5, 0.6) is 0 Å². The van der Waals surface area contributed by atoms with Crippen LogP contribution in [-0.4, -0.2) is 17.0 Å². The van der Waals surface area contributed by atoms with Crippen LogP contribution >= 0.6 is 7.92 Å². The van der Waals surface area contributed by atoms with E-state index in [1.807, 2.05) is 0 Å². The van der Waals surface area contributed by atoms with Crippen LogP contribution in [0.15, 0.2) is 0 Å². The first-order chi connectivity index (χ1) is 19.7. The van der Waals surface area contributed by atoms with E-state index in [1.165, 1.54) is 173 Å². The van der Waals surface area contributed by atoms with E-state index in [0.29, 0.717) is 0 Å². The fourth-order valence-electron chi connectivity index (χ4n) is 7.13. The van der Waals surface area contributed by atoms with E-state index in [4.69, 9.17) is 0 Å². The molecular weight excluding hydrogens is 499 g/mol. The molecule has 0 nitrogen and oxygen atoms in total. The number of hydrogen-bond donors (Lipinski definition) is 0. The van der Waals surface area contributed by atoms with E-state index in [1.54, 1.807) is 19.3 Å². The molecule has 0 N–H and O–H groups in total. The van der Waals surface area contributed by atoms with E-state index in [2.05, 4.69) is 41.5 Å². The average molecular weight is 581 g/mol. The summed E-state index contributed by atoms with van der Waals surface area (Å²) in [6.45, 7) is 14.7. The molecule has 3 atom stereocenters. The predicted octanol–water partition coefficient (Wildman–Crippen LogP) is 15.4. The largest absolute Gasteiger partial charge is 0.0972 e. The summed E-state index contributed by atoms with van der Waals surface area (Å²) in [4.78, 5) is 0. The lowest BCUT2D eigenvalue weighted by atomic mass is 10.1. The van der Waals surface area contributed by atoms with Crippen molar-refractivity contribution in [3.05, 3.63) is 0 Å². The smallest absolute Gasteiger partial charge is 0.0207 e. The van der Waals surface area contributed by atoms with Gasteiger partial charge in [-0.1, -0.05) is 204 Å². The normalized spacial score (nSPS) is 14.8. The third kappa shape index (κ3) is 23.0. The van der Waals surface area contributed by atoms with Crippen molar-refractivity contribution in [3.63, 3.8) is 0 Å². The molecule has 242 valence electrons.